The van der Waals surface area contributed by atoms with Crippen LogP contribution < -0.4 is 10.2 Å². The van der Waals surface area contributed by atoms with Crippen molar-refractivity contribution in [2.24, 2.45) is 0 Å². The molecule has 0 spiro atoms. The van der Waals surface area contributed by atoms with E-state index in [0.29, 0.717) is 17.7 Å². The van der Waals surface area contributed by atoms with Gasteiger partial charge >= 0.3 is 0 Å². The van der Waals surface area contributed by atoms with E-state index in [0.717, 1.165) is 0 Å². The van der Waals surface area contributed by atoms with Crippen LogP contribution in [0.2, 0.25) is 0 Å². The minimum atomic E-state index is -0.300. The standard InChI is InChI=1S/C17H16O6/c1-21-9-23-12-6-14(19)16-15(7-12)22-8-13(17(16)20)10-2-4-11(18)5-3-10/h2,4-8,10,18-19H,3,9H2,1H3. The van der Waals surface area contributed by atoms with Crippen molar-refractivity contribution in [2.75, 3.05) is 13.9 Å². The van der Waals surface area contributed by atoms with Gasteiger partial charge in [0.2, 0.25) is 0 Å². The molecule has 0 bridgehead atoms. The molecule has 120 valence electrons. The number of phenolic OH excluding ortho intramolecular Hbond substituents is 1. The maximum atomic E-state index is 12.7. The van der Waals surface area contributed by atoms with E-state index in [1.165, 1.54) is 25.5 Å². The van der Waals surface area contributed by atoms with Crippen molar-refractivity contribution in [2.45, 2.75) is 12.3 Å². The fourth-order valence-electron chi connectivity index (χ4n) is 2.53. The van der Waals surface area contributed by atoms with Crippen molar-refractivity contribution in [3.63, 3.8) is 0 Å². The zero-order valence-electron chi connectivity index (χ0n) is 12.5. The Morgan fingerprint density at radius 1 is 1.35 bits per heavy atom. The molecule has 0 fully saturated rings. The summed E-state index contributed by atoms with van der Waals surface area (Å²) in [6, 6.07) is 2.88. The predicted molar refractivity (Wildman–Crippen MR) is 83.9 cm³/mol. The van der Waals surface area contributed by atoms with Crippen LogP contribution in [0.15, 0.2) is 51.6 Å². The van der Waals surface area contributed by atoms with Crippen molar-refractivity contribution >= 4 is 11.0 Å². The number of ether oxygens (including phenoxy) is 2. The number of aliphatic hydroxyl groups is 1. The molecule has 2 aromatic rings. The topological polar surface area (TPSA) is 89.1 Å². The number of fused-ring (bicyclic) bond motifs is 1. The molecule has 0 aliphatic heterocycles. The van der Waals surface area contributed by atoms with Crippen LogP contribution in [0.5, 0.6) is 11.5 Å². The van der Waals surface area contributed by atoms with E-state index in [-0.39, 0.29) is 40.6 Å². The number of rotatable bonds is 4. The molecular weight excluding hydrogens is 300 g/mol. The maximum absolute atomic E-state index is 12.7. The van der Waals surface area contributed by atoms with Crippen LogP contribution in [0.25, 0.3) is 11.0 Å². The first-order valence-electron chi connectivity index (χ1n) is 7.07. The monoisotopic (exact) mass is 316 g/mol. The van der Waals surface area contributed by atoms with Gasteiger partial charge in [-0.2, -0.15) is 0 Å². The quantitative estimate of drug-likeness (QED) is 0.843. The Bertz CT molecular complexity index is 846. The summed E-state index contributed by atoms with van der Waals surface area (Å²) in [7, 11) is 1.48. The second kappa shape index (κ2) is 6.18. The van der Waals surface area contributed by atoms with Crippen molar-refractivity contribution in [3.8, 4) is 11.5 Å². The van der Waals surface area contributed by atoms with Gasteiger partial charge in [-0.1, -0.05) is 6.08 Å². The highest BCUT2D eigenvalue weighted by atomic mass is 16.7. The Morgan fingerprint density at radius 2 is 2.17 bits per heavy atom. The first kappa shape index (κ1) is 15.2. The summed E-state index contributed by atoms with van der Waals surface area (Å²) in [5.74, 6) is 0.116. The Hall–Kier alpha value is -2.73. The van der Waals surface area contributed by atoms with Gasteiger partial charge in [-0.05, 0) is 18.6 Å². The fourth-order valence-corrected chi connectivity index (χ4v) is 2.53. The van der Waals surface area contributed by atoms with Crippen LogP contribution in [0.3, 0.4) is 0 Å². The molecule has 6 heteroatoms. The summed E-state index contributed by atoms with van der Waals surface area (Å²) >= 11 is 0. The molecule has 1 unspecified atom stereocenters. The average molecular weight is 316 g/mol. The lowest BCUT2D eigenvalue weighted by atomic mass is 9.92. The summed E-state index contributed by atoms with van der Waals surface area (Å²) in [4.78, 5) is 12.7. The number of aliphatic hydroxyl groups excluding tert-OH is 1. The van der Waals surface area contributed by atoms with Gasteiger partial charge < -0.3 is 24.1 Å². The Balaban J connectivity index is 2.04. The van der Waals surface area contributed by atoms with Crippen LogP contribution in [0, 0.1) is 0 Å². The normalized spacial score (nSPS) is 17.3. The molecule has 6 nitrogen and oxygen atoms in total. The molecule has 1 aromatic carbocycles. The highest BCUT2D eigenvalue weighted by Gasteiger charge is 2.19. The molecule has 3 rings (SSSR count). The van der Waals surface area contributed by atoms with E-state index in [4.69, 9.17) is 13.9 Å². The Morgan fingerprint density at radius 3 is 2.87 bits per heavy atom. The number of benzene rings is 1. The minimum absolute atomic E-state index is 0.0238. The van der Waals surface area contributed by atoms with Gasteiger partial charge in [0.05, 0.1) is 6.26 Å². The SMILES string of the molecule is COCOc1cc(O)c2c(=O)c(C3C=CC(O)=CC3)coc2c1. The van der Waals surface area contributed by atoms with Gasteiger partial charge in [0, 0.05) is 30.7 Å². The van der Waals surface area contributed by atoms with Crippen LogP contribution >= 0.6 is 0 Å². The van der Waals surface area contributed by atoms with Gasteiger partial charge in [-0.3, -0.25) is 4.79 Å². The molecule has 0 radical (unpaired) electrons. The second-order valence-corrected chi connectivity index (χ2v) is 5.22. The molecule has 0 saturated carbocycles. The predicted octanol–water partition coefficient (Wildman–Crippen LogP) is 2.97. The number of hydrogen-bond acceptors (Lipinski definition) is 6. The van der Waals surface area contributed by atoms with Gasteiger partial charge in [0.25, 0.3) is 0 Å². The molecule has 0 saturated heterocycles. The van der Waals surface area contributed by atoms with Crippen molar-refractivity contribution < 1.29 is 24.1 Å². The van der Waals surface area contributed by atoms with E-state index in [9.17, 15) is 15.0 Å². The lowest BCUT2D eigenvalue weighted by Gasteiger charge is -2.14. The molecule has 23 heavy (non-hydrogen) atoms. The van der Waals surface area contributed by atoms with Crippen LogP contribution in [0.1, 0.15) is 17.9 Å². The third kappa shape index (κ3) is 2.93. The third-order valence-electron chi connectivity index (χ3n) is 3.68. The Kier molecular flexibility index (Phi) is 4.08. The van der Waals surface area contributed by atoms with Gasteiger partial charge in [-0.15, -0.1) is 0 Å². The summed E-state index contributed by atoms with van der Waals surface area (Å²) in [5.41, 5.74) is 0.368. The van der Waals surface area contributed by atoms with Crippen molar-refractivity contribution in [3.05, 3.63) is 58.2 Å². The molecule has 1 heterocycles. The molecule has 2 N–H and O–H groups in total. The first-order chi connectivity index (χ1) is 11.1. The average Bonchev–Trinajstić information content (AvgIpc) is 2.54. The lowest BCUT2D eigenvalue weighted by Crippen LogP contribution is -2.13. The van der Waals surface area contributed by atoms with E-state index in [2.05, 4.69) is 0 Å². The van der Waals surface area contributed by atoms with E-state index >= 15 is 0 Å². The number of allylic oxidation sites excluding steroid dienone is 3. The molecule has 0 amide bonds. The second-order valence-electron chi connectivity index (χ2n) is 5.22. The van der Waals surface area contributed by atoms with Crippen LogP contribution in [-0.4, -0.2) is 24.1 Å². The largest absolute Gasteiger partial charge is 0.508 e. The van der Waals surface area contributed by atoms with Crippen molar-refractivity contribution in [1.82, 2.24) is 0 Å². The molecule has 1 aromatic heterocycles. The van der Waals surface area contributed by atoms with Gasteiger partial charge in [-0.25, -0.2) is 0 Å². The van der Waals surface area contributed by atoms with E-state index in [1.807, 2.05) is 0 Å². The number of phenols is 1. The molecular formula is C17H16O6. The fraction of sp³-hybridized carbons (Fsp3) is 0.235. The number of methoxy groups -OCH3 is 1. The maximum Gasteiger partial charge on any atom is 0.200 e. The smallest absolute Gasteiger partial charge is 0.200 e. The zero-order valence-corrected chi connectivity index (χ0v) is 12.5. The molecule has 1 aliphatic rings. The number of hydrogen-bond donors (Lipinski definition) is 2. The van der Waals surface area contributed by atoms with Crippen LogP contribution in [-0.2, 0) is 4.74 Å². The number of aromatic hydroxyl groups is 1. The summed E-state index contributed by atoms with van der Waals surface area (Å²) in [5, 5.41) is 19.6. The minimum Gasteiger partial charge on any atom is -0.508 e. The van der Waals surface area contributed by atoms with Gasteiger partial charge in [0.1, 0.15) is 28.2 Å². The van der Waals surface area contributed by atoms with E-state index < -0.39 is 0 Å². The van der Waals surface area contributed by atoms with Gasteiger partial charge in [0.15, 0.2) is 12.2 Å². The van der Waals surface area contributed by atoms with Crippen molar-refractivity contribution in [1.29, 1.82) is 0 Å². The van der Waals surface area contributed by atoms with E-state index in [1.54, 1.807) is 18.2 Å². The van der Waals surface area contributed by atoms with Crippen LogP contribution in [0.4, 0.5) is 0 Å². The third-order valence-corrected chi connectivity index (χ3v) is 3.68. The first-order valence-corrected chi connectivity index (χ1v) is 7.07. The molecule has 1 aliphatic carbocycles. The highest BCUT2D eigenvalue weighted by molar-refractivity contribution is 5.85. The highest BCUT2D eigenvalue weighted by Crippen LogP contribution is 2.31. The lowest BCUT2D eigenvalue weighted by molar-refractivity contribution is 0.0510. The zero-order chi connectivity index (χ0) is 16.4. The Labute approximate surface area is 131 Å². The summed E-state index contributed by atoms with van der Waals surface area (Å²) in [6.07, 6.45) is 6.79. The summed E-state index contributed by atoms with van der Waals surface area (Å²) in [6.45, 7) is 0.0238. The molecule has 1 atom stereocenters. The summed E-state index contributed by atoms with van der Waals surface area (Å²) < 4.78 is 15.6.